The Kier molecular flexibility index (Phi) is 11.5. The predicted molar refractivity (Wildman–Crippen MR) is 132 cm³/mol. The summed E-state index contributed by atoms with van der Waals surface area (Å²) >= 11 is 0. The average Bonchev–Trinajstić information content (AvgIpc) is 2.73. The molecule has 0 aromatic heterocycles. The van der Waals surface area contributed by atoms with Gasteiger partial charge in [-0.15, -0.1) is 24.0 Å². The normalized spacial score (nSPS) is 11.4. The topological polar surface area (TPSA) is 101 Å². The van der Waals surface area contributed by atoms with Gasteiger partial charge in [0.25, 0.3) is 0 Å². The van der Waals surface area contributed by atoms with Crippen LogP contribution in [0.1, 0.15) is 12.5 Å². The van der Waals surface area contributed by atoms with E-state index in [1.807, 2.05) is 43.3 Å². The van der Waals surface area contributed by atoms with Crippen LogP contribution in [-0.4, -0.2) is 47.4 Å². The first kappa shape index (κ1) is 26.0. The molecule has 0 atom stereocenters. The van der Waals surface area contributed by atoms with Crippen LogP contribution in [0.25, 0.3) is 0 Å². The number of ether oxygens (including phenoxy) is 2. The Hall–Kier alpha value is -2.05. The van der Waals surface area contributed by atoms with Gasteiger partial charge in [-0.1, -0.05) is 30.3 Å². The largest absolute Gasteiger partial charge is 0.493 e. The molecule has 10 heteroatoms. The summed E-state index contributed by atoms with van der Waals surface area (Å²) in [7, 11) is -0.225. The summed E-state index contributed by atoms with van der Waals surface area (Å²) in [6.07, 6.45) is 0. The standard InChI is InChI=1S/C20H28N4O4S.HI/c1-4-28-18-11-10-17(14-19(18)27-3)24-20(21-2)22-12-13-29(25,26)23-15-16-8-6-5-7-9-16;/h5-11,14,23H,4,12-13,15H2,1-3H3,(H2,21,22,24);1H. The van der Waals surface area contributed by atoms with Crippen molar-refractivity contribution in [2.24, 2.45) is 4.99 Å². The number of aliphatic imine (C=N–C) groups is 1. The summed E-state index contributed by atoms with van der Waals surface area (Å²) in [5.74, 6) is 1.63. The van der Waals surface area contributed by atoms with Gasteiger partial charge in [0, 0.05) is 31.9 Å². The van der Waals surface area contributed by atoms with Crippen molar-refractivity contribution in [3.8, 4) is 11.5 Å². The van der Waals surface area contributed by atoms with Crippen molar-refractivity contribution < 1.29 is 17.9 Å². The Labute approximate surface area is 195 Å². The van der Waals surface area contributed by atoms with Gasteiger partial charge in [-0.2, -0.15) is 0 Å². The van der Waals surface area contributed by atoms with E-state index in [4.69, 9.17) is 9.47 Å². The summed E-state index contributed by atoms with van der Waals surface area (Å²) in [6, 6.07) is 14.8. The van der Waals surface area contributed by atoms with Gasteiger partial charge in [0.2, 0.25) is 10.0 Å². The highest BCUT2D eigenvalue weighted by molar-refractivity contribution is 14.0. The molecule has 0 radical (unpaired) electrons. The van der Waals surface area contributed by atoms with Crippen molar-refractivity contribution in [2.75, 3.05) is 38.4 Å². The lowest BCUT2D eigenvalue weighted by atomic mass is 10.2. The minimum atomic E-state index is -3.41. The van der Waals surface area contributed by atoms with Gasteiger partial charge >= 0.3 is 0 Å². The highest BCUT2D eigenvalue weighted by Crippen LogP contribution is 2.30. The maximum absolute atomic E-state index is 12.2. The summed E-state index contributed by atoms with van der Waals surface area (Å²) in [6.45, 7) is 2.92. The average molecular weight is 548 g/mol. The number of sulfonamides is 1. The summed E-state index contributed by atoms with van der Waals surface area (Å²) in [5, 5.41) is 6.10. The van der Waals surface area contributed by atoms with Gasteiger partial charge in [0.1, 0.15) is 0 Å². The van der Waals surface area contributed by atoms with Crippen LogP contribution in [0.5, 0.6) is 11.5 Å². The fourth-order valence-electron chi connectivity index (χ4n) is 2.50. The Bertz CT molecular complexity index is 908. The zero-order valence-corrected chi connectivity index (χ0v) is 20.5. The van der Waals surface area contributed by atoms with Crippen LogP contribution in [0.4, 0.5) is 5.69 Å². The van der Waals surface area contributed by atoms with Crippen molar-refractivity contribution >= 4 is 45.6 Å². The van der Waals surface area contributed by atoms with E-state index in [1.165, 1.54) is 0 Å². The summed E-state index contributed by atoms with van der Waals surface area (Å²) in [4.78, 5) is 4.12. The molecular formula is C20H29IN4O4S. The maximum atomic E-state index is 12.2. The molecule has 2 aromatic carbocycles. The molecule has 0 aliphatic rings. The third-order valence-corrected chi connectivity index (χ3v) is 5.28. The van der Waals surface area contributed by atoms with Crippen molar-refractivity contribution in [1.82, 2.24) is 10.0 Å². The zero-order chi connectivity index (χ0) is 21.1. The molecule has 3 N–H and O–H groups in total. The highest BCUT2D eigenvalue weighted by atomic mass is 127. The van der Waals surface area contributed by atoms with E-state index in [2.05, 4.69) is 20.3 Å². The molecule has 0 saturated heterocycles. The van der Waals surface area contributed by atoms with Gasteiger partial charge in [0.15, 0.2) is 17.5 Å². The van der Waals surface area contributed by atoms with Gasteiger partial charge < -0.3 is 20.1 Å². The first-order valence-electron chi connectivity index (χ1n) is 9.27. The van der Waals surface area contributed by atoms with Crippen molar-refractivity contribution in [3.63, 3.8) is 0 Å². The number of hydrogen-bond acceptors (Lipinski definition) is 5. The SMILES string of the molecule is CCOc1ccc(NC(=NC)NCCS(=O)(=O)NCc2ccccc2)cc1OC.I. The molecule has 0 heterocycles. The van der Waals surface area contributed by atoms with E-state index >= 15 is 0 Å². The molecule has 0 fully saturated rings. The predicted octanol–water partition coefficient (Wildman–Crippen LogP) is 2.82. The molecule has 8 nitrogen and oxygen atoms in total. The quantitative estimate of drug-likeness (QED) is 0.240. The maximum Gasteiger partial charge on any atom is 0.213 e. The lowest BCUT2D eigenvalue weighted by Crippen LogP contribution is -2.37. The van der Waals surface area contributed by atoms with Crippen molar-refractivity contribution in [3.05, 3.63) is 54.1 Å². The van der Waals surface area contributed by atoms with Crippen LogP contribution in [-0.2, 0) is 16.6 Å². The molecule has 2 rings (SSSR count). The van der Waals surface area contributed by atoms with E-state index in [1.54, 1.807) is 26.3 Å². The van der Waals surface area contributed by atoms with Crippen LogP contribution in [0.2, 0.25) is 0 Å². The number of nitrogens with zero attached hydrogens (tertiary/aromatic N) is 1. The molecule has 0 amide bonds. The molecule has 2 aromatic rings. The lowest BCUT2D eigenvalue weighted by molar-refractivity contribution is 0.311. The van der Waals surface area contributed by atoms with Crippen LogP contribution in [0.3, 0.4) is 0 Å². The number of anilines is 1. The summed E-state index contributed by atoms with van der Waals surface area (Å²) < 4.78 is 37.8. The first-order valence-corrected chi connectivity index (χ1v) is 10.9. The molecule has 0 aliphatic heterocycles. The number of rotatable bonds is 10. The monoisotopic (exact) mass is 548 g/mol. The van der Waals surface area contributed by atoms with E-state index in [9.17, 15) is 8.42 Å². The van der Waals surface area contributed by atoms with Crippen molar-refractivity contribution in [2.45, 2.75) is 13.5 Å². The van der Waals surface area contributed by atoms with Crippen LogP contribution in [0, 0.1) is 0 Å². The minimum Gasteiger partial charge on any atom is -0.493 e. The van der Waals surface area contributed by atoms with E-state index < -0.39 is 10.0 Å². The first-order chi connectivity index (χ1) is 14.0. The Morgan fingerprint density at radius 2 is 1.83 bits per heavy atom. The Morgan fingerprint density at radius 1 is 1.10 bits per heavy atom. The number of benzene rings is 2. The molecule has 166 valence electrons. The number of methoxy groups -OCH3 is 1. The Balaban J connectivity index is 0.00000450. The molecule has 0 unspecified atom stereocenters. The molecular weight excluding hydrogens is 519 g/mol. The van der Waals surface area contributed by atoms with Gasteiger partial charge in [0.05, 0.1) is 19.5 Å². The molecule has 0 bridgehead atoms. The van der Waals surface area contributed by atoms with Crippen molar-refractivity contribution in [1.29, 1.82) is 0 Å². The number of guanidine groups is 1. The van der Waals surface area contributed by atoms with Gasteiger partial charge in [-0.25, -0.2) is 13.1 Å². The molecule has 0 spiro atoms. The second-order valence-electron chi connectivity index (χ2n) is 6.05. The second kappa shape index (κ2) is 13.3. The summed E-state index contributed by atoms with van der Waals surface area (Å²) in [5.41, 5.74) is 1.65. The number of nitrogens with one attached hydrogen (secondary N) is 3. The fraction of sp³-hybridized carbons (Fsp3) is 0.350. The van der Waals surface area contributed by atoms with E-state index in [0.29, 0.717) is 24.1 Å². The highest BCUT2D eigenvalue weighted by Gasteiger charge is 2.11. The van der Waals surface area contributed by atoms with Gasteiger partial charge in [-0.05, 0) is 24.6 Å². The Morgan fingerprint density at radius 3 is 2.47 bits per heavy atom. The smallest absolute Gasteiger partial charge is 0.213 e. The zero-order valence-electron chi connectivity index (χ0n) is 17.3. The third kappa shape index (κ3) is 8.76. The molecule has 30 heavy (non-hydrogen) atoms. The fourth-order valence-corrected chi connectivity index (χ4v) is 3.40. The van der Waals surface area contributed by atoms with Crippen LogP contribution >= 0.6 is 24.0 Å². The minimum absolute atomic E-state index is 0. The molecule has 0 saturated carbocycles. The van der Waals surface area contributed by atoms with Crippen LogP contribution in [0.15, 0.2) is 53.5 Å². The number of halogens is 1. The van der Waals surface area contributed by atoms with Crippen LogP contribution < -0.4 is 24.8 Å². The molecule has 0 aliphatic carbocycles. The number of hydrogen-bond donors (Lipinski definition) is 3. The second-order valence-corrected chi connectivity index (χ2v) is 7.97. The van der Waals surface area contributed by atoms with Gasteiger partial charge in [-0.3, -0.25) is 4.99 Å². The third-order valence-electron chi connectivity index (χ3n) is 3.95. The van der Waals surface area contributed by atoms with E-state index in [0.717, 1.165) is 11.3 Å². The lowest BCUT2D eigenvalue weighted by Gasteiger charge is -2.15. The van der Waals surface area contributed by atoms with E-state index in [-0.39, 0.29) is 42.8 Å².